The number of carbonyl (C=O) groups is 1. The van der Waals surface area contributed by atoms with Crippen LogP contribution < -0.4 is 0 Å². The number of aromatic nitrogens is 1. The number of hydrogen-bond donors (Lipinski definition) is 1. The maximum atomic E-state index is 16.9. The highest BCUT2D eigenvalue weighted by atomic mass is 35.5. The second-order valence-electron chi connectivity index (χ2n) is 12.6. The summed E-state index contributed by atoms with van der Waals surface area (Å²) in [6, 6.07) is 14.7. The normalized spacial score (nSPS) is 23.3. The molecule has 0 radical (unpaired) electrons. The van der Waals surface area contributed by atoms with E-state index in [2.05, 4.69) is 11.1 Å². The summed E-state index contributed by atoms with van der Waals surface area (Å²) in [7, 11) is 1.89. The summed E-state index contributed by atoms with van der Waals surface area (Å²) < 4.78 is 40.1. The largest absolute Gasteiger partial charge is 0.382 e. The number of rotatable bonds is 9. The minimum absolute atomic E-state index is 0.00573. The van der Waals surface area contributed by atoms with Gasteiger partial charge in [-0.15, -0.1) is 0 Å². The maximum absolute atomic E-state index is 16.9. The summed E-state index contributed by atoms with van der Waals surface area (Å²) in [4.78, 5) is 22.2. The van der Waals surface area contributed by atoms with Gasteiger partial charge in [0, 0.05) is 29.9 Å². The molecule has 6 rings (SSSR count). The molecule has 1 aliphatic carbocycles. The predicted octanol–water partition coefficient (Wildman–Crippen LogP) is 6.74. The van der Waals surface area contributed by atoms with Gasteiger partial charge in [-0.1, -0.05) is 42.3 Å². The van der Waals surface area contributed by atoms with Crippen LogP contribution in [0.25, 0.3) is 0 Å². The van der Waals surface area contributed by atoms with Crippen LogP contribution >= 0.6 is 23.2 Å². The Bertz CT molecular complexity index is 1650. The molecule has 2 aliphatic heterocycles. The maximum Gasteiger partial charge on any atom is 0.257 e. The molecule has 1 unspecified atom stereocenters. The number of halogens is 4. The zero-order valence-electron chi connectivity index (χ0n) is 25.1. The Balaban J connectivity index is 1.55. The van der Waals surface area contributed by atoms with Crippen LogP contribution in [0.15, 0.2) is 54.7 Å². The molecule has 2 fully saturated rings. The molecule has 1 amide bonds. The molecular formula is C34H34Cl2F2N4O3. The van der Waals surface area contributed by atoms with Crippen LogP contribution in [0, 0.1) is 22.6 Å². The molecule has 1 saturated carbocycles. The lowest BCUT2D eigenvalue weighted by Gasteiger charge is -2.46. The SMILES string of the molecule is CCC(O)(c1cc(F)c2c(c1)C(=O)N(Cc1ccc(Cl)cn1)[C@@]2(OCC1(C#N)CC1)c1ccc(Cl)cc1)C1(F)CCN(C)CC1. The molecular weight excluding hydrogens is 621 g/mol. The number of carbonyl (C=O) groups excluding carboxylic acids is 1. The number of piperidine rings is 1. The Morgan fingerprint density at radius 1 is 1.09 bits per heavy atom. The van der Waals surface area contributed by atoms with E-state index in [1.54, 1.807) is 43.3 Å². The molecule has 3 aromatic rings. The monoisotopic (exact) mass is 654 g/mol. The second kappa shape index (κ2) is 11.6. The molecule has 2 atom stereocenters. The van der Waals surface area contributed by atoms with Crippen molar-refractivity contribution in [3.8, 4) is 6.07 Å². The van der Waals surface area contributed by atoms with Gasteiger partial charge in [0.2, 0.25) is 0 Å². The summed E-state index contributed by atoms with van der Waals surface area (Å²) in [5.74, 6) is -1.42. The van der Waals surface area contributed by atoms with E-state index in [0.29, 0.717) is 47.2 Å². The lowest BCUT2D eigenvalue weighted by Crippen LogP contribution is -2.54. The average molecular weight is 656 g/mol. The Hall–Kier alpha value is -3.13. The summed E-state index contributed by atoms with van der Waals surface area (Å²) >= 11 is 12.3. The molecule has 2 aromatic carbocycles. The van der Waals surface area contributed by atoms with Gasteiger partial charge in [0.1, 0.15) is 17.1 Å². The van der Waals surface area contributed by atoms with Gasteiger partial charge in [0.25, 0.3) is 5.91 Å². The highest BCUT2D eigenvalue weighted by Gasteiger charge is 2.58. The fraction of sp³-hybridized carbons (Fsp3) is 0.441. The predicted molar refractivity (Wildman–Crippen MR) is 166 cm³/mol. The number of ether oxygens (including phenoxy) is 1. The fourth-order valence-electron chi connectivity index (χ4n) is 6.68. The number of alkyl halides is 1. The third-order valence-electron chi connectivity index (χ3n) is 9.79. The van der Waals surface area contributed by atoms with Crippen molar-refractivity contribution in [3.05, 3.63) is 98.5 Å². The van der Waals surface area contributed by atoms with Gasteiger partial charge in [-0.2, -0.15) is 5.26 Å². The molecule has 11 heteroatoms. The second-order valence-corrected chi connectivity index (χ2v) is 13.4. The zero-order valence-corrected chi connectivity index (χ0v) is 26.6. The van der Waals surface area contributed by atoms with Crippen molar-refractivity contribution >= 4 is 29.1 Å². The van der Waals surface area contributed by atoms with Crippen molar-refractivity contribution < 1.29 is 23.4 Å². The molecule has 0 spiro atoms. The van der Waals surface area contributed by atoms with Crippen molar-refractivity contribution in [1.29, 1.82) is 5.26 Å². The van der Waals surface area contributed by atoms with Crippen molar-refractivity contribution in [3.63, 3.8) is 0 Å². The van der Waals surface area contributed by atoms with Gasteiger partial charge < -0.3 is 14.7 Å². The quantitative estimate of drug-likeness (QED) is 0.275. The molecule has 0 bridgehead atoms. The molecule has 1 N–H and O–H groups in total. The molecule has 3 aliphatic rings. The average Bonchev–Trinajstić information content (AvgIpc) is 3.79. The van der Waals surface area contributed by atoms with Crippen LogP contribution in [0.2, 0.25) is 10.0 Å². The lowest BCUT2D eigenvalue weighted by molar-refractivity contribution is -0.136. The zero-order chi connectivity index (χ0) is 32.2. The number of nitriles is 1. The molecule has 45 heavy (non-hydrogen) atoms. The molecule has 236 valence electrons. The number of likely N-dealkylation sites (tertiary alicyclic amines) is 1. The number of pyridine rings is 1. The fourth-order valence-corrected chi connectivity index (χ4v) is 6.92. The molecule has 7 nitrogen and oxygen atoms in total. The number of benzene rings is 2. The number of amides is 1. The number of hydrogen-bond acceptors (Lipinski definition) is 6. The van der Waals surface area contributed by atoms with Crippen molar-refractivity contribution in [2.45, 2.75) is 62.6 Å². The van der Waals surface area contributed by atoms with Crippen LogP contribution in [-0.2, 0) is 22.6 Å². The highest BCUT2D eigenvalue weighted by molar-refractivity contribution is 6.30. The van der Waals surface area contributed by atoms with E-state index in [0.717, 1.165) is 6.07 Å². The van der Waals surface area contributed by atoms with Crippen molar-refractivity contribution in [2.24, 2.45) is 5.41 Å². The number of nitrogens with zero attached hydrogens (tertiary/aromatic N) is 4. The smallest absolute Gasteiger partial charge is 0.257 e. The van der Waals surface area contributed by atoms with E-state index >= 15 is 8.78 Å². The summed E-state index contributed by atoms with van der Waals surface area (Å²) in [6.07, 6.45) is 2.76. The molecule has 1 saturated heterocycles. The Kier molecular flexibility index (Phi) is 8.20. The van der Waals surface area contributed by atoms with Crippen molar-refractivity contribution in [2.75, 3.05) is 26.7 Å². The molecule has 3 heterocycles. The van der Waals surface area contributed by atoms with Gasteiger partial charge in [0.15, 0.2) is 5.72 Å². The van der Waals surface area contributed by atoms with E-state index in [4.69, 9.17) is 27.9 Å². The molecule has 1 aromatic heterocycles. The van der Waals surface area contributed by atoms with Crippen molar-refractivity contribution in [1.82, 2.24) is 14.8 Å². The van der Waals surface area contributed by atoms with Gasteiger partial charge in [0.05, 0.1) is 46.5 Å². The van der Waals surface area contributed by atoms with E-state index in [9.17, 15) is 15.2 Å². The minimum Gasteiger partial charge on any atom is -0.382 e. The highest BCUT2D eigenvalue weighted by Crippen LogP contribution is 2.53. The Labute approximate surface area is 271 Å². The van der Waals surface area contributed by atoms with Gasteiger partial charge in [-0.25, -0.2) is 8.78 Å². The minimum atomic E-state index is -2.04. The summed E-state index contributed by atoms with van der Waals surface area (Å²) in [5, 5.41) is 22.7. The van der Waals surface area contributed by atoms with E-state index in [-0.39, 0.29) is 49.1 Å². The third kappa shape index (κ3) is 5.31. The van der Waals surface area contributed by atoms with Crippen LogP contribution in [0.5, 0.6) is 0 Å². The van der Waals surface area contributed by atoms with Crippen LogP contribution in [-0.4, -0.2) is 58.2 Å². The topological polar surface area (TPSA) is 89.7 Å². The van der Waals surface area contributed by atoms with E-state index in [1.165, 1.54) is 17.2 Å². The third-order valence-corrected chi connectivity index (χ3v) is 10.3. The first-order valence-corrected chi connectivity index (χ1v) is 15.8. The first-order valence-electron chi connectivity index (χ1n) is 15.1. The lowest BCUT2D eigenvalue weighted by atomic mass is 9.71. The van der Waals surface area contributed by atoms with E-state index in [1.807, 2.05) is 11.9 Å². The van der Waals surface area contributed by atoms with Gasteiger partial charge >= 0.3 is 0 Å². The van der Waals surface area contributed by atoms with Gasteiger partial charge in [-0.3, -0.25) is 14.7 Å². The standard InChI is InChI=1S/C34H34Cl2F2N4O3/c1-3-33(44,32(38)12-14-41(2)15-13-32)23-16-27-29(28(37)17-23)34(22-4-6-24(35)7-5-22,45-21-31(20-39)10-11-31)42(30(27)43)19-26-9-8-25(36)18-40-26/h4-9,16-18,44H,3,10-15,19,21H2,1-2H3/t33?,34-/m1/s1. The number of aliphatic hydroxyl groups is 1. The van der Waals surface area contributed by atoms with E-state index < -0.39 is 34.1 Å². The first-order chi connectivity index (χ1) is 21.4. The summed E-state index contributed by atoms with van der Waals surface area (Å²) in [5.41, 5.74) is -5.91. The Morgan fingerprint density at radius 3 is 2.33 bits per heavy atom. The van der Waals surface area contributed by atoms with Crippen LogP contribution in [0.1, 0.15) is 71.8 Å². The first kappa shape index (κ1) is 31.8. The Morgan fingerprint density at radius 2 is 1.76 bits per heavy atom. The number of fused-ring (bicyclic) bond motifs is 1. The summed E-state index contributed by atoms with van der Waals surface area (Å²) in [6.45, 7) is 2.36. The van der Waals surface area contributed by atoms with Gasteiger partial charge in [-0.05, 0) is 81.1 Å². The van der Waals surface area contributed by atoms with Crippen LogP contribution in [0.4, 0.5) is 8.78 Å². The van der Waals surface area contributed by atoms with Crippen LogP contribution in [0.3, 0.4) is 0 Å².